The Kier molecular flexibility index (Phi) is 5.31. The van der Waals surface area contributed by atoms with E-state index < -0.39 is 16.5 Å². The van der Waals surface area contributed by atoms with Gasteiger partial charge >= 0.3 is 5.97 Å². The maximum Gasteiger partial charge on any atom is 0.343 e. The summed E-state index contributed by atoms with van der Waals surface area (Å²) in [6.07, 6.45) is 1.08. The molecule has 0 radical (unpaired) electrons. The van der Waals surface area contributed by atoms with Crippen LogP contribution in [0.5, 0.6) is 5.75 Å². The van der Waals surface area contributed by atoms with Crippen molar-refractivity contribution in [2.45, 2.75) is 13.5 Å². The molecule has 0 aliphatic rings. The minimum Gasteiger partial charge on any atom is -0.491 e. The number of benzene rings is 1. The zero-order valence-corrected chi connectivity index (χ0v) is 13.2. The number of pyridine rings is 1. The number of para-hydroxylation sites is 1. The number of esters is 1. The van der Waals surface area contributed by atoms with E-state index in [0.717, 1.165) is 29.5 Å². The Labute approximate surface area is 137 Å². The molecular weight excluding hydrogens is 316 g/mol. The standard InChI is InChI=1S/C16H16N2O6/c1-11-5-3-4-6-14(11)24-8-7-17-10-12(18(21)22)9-13(15(17)19)16(20)23-2/h3-6,9-10H,7-8H2,1-2H3. The summed E-state index contributed by atoms with van der Waals surface area (Å²) in [5.74, 6) is -0.263. The van der Waals surface area contributed by atoms with E-state index in [9.17, 15) is 19.7 Å². The molecule has 1 heterocycles. The molecule has 0 saturated carbocycles. The summed E-state index contributed by atoms with van der Waals surface area (Å²) in [6.45, 7) is 2.05. The van der Waals surface area contributed by atoms with Crippen molar-refractivity contribution in [3.05, 3.63) is 68.1 Å². The van der Waals surface area contributed by atoms with E-state index in [0.29, 0.717) is 5.75 Å². The Morgan fingerprint density at radius 3 is 2.67 bits per heavy atom. The number of methoxy groups -OCH3 is 1. The topological polar surface area (TPSA) is 101 Å². The Morgan fingerprint density at radius 2 is 2.04 bits per heavy atom. The molecule has 2 aromatic rings. The van der Waals surface area contributed by atoms with Gasteiger partial charge in [-0.15, -0.1) is 0 Å². The van der Waals surface area contributed by atoms with Gasteiger partial charge in [-0.05, 0) is 18.6 Å². The van der Waals surface area contributed by atoms with Crippen LogP contribution < -0.4 is 10.3 Å². The zero-order valence-electron chi connectivity index (χ0n) is 13.2. The molecule has 0 unspecified atom stereocenters. The van der Waals surface area contributed by atoms with Crippen LogP contribution in [0.25, 0.3) is 0 Å². The molecule has 24 heavy (non-hydrogen) atoms. The van der Waals surface area contributed by atoms with Crippen LogP contribution in [0.15, 0.2) is 41.3 Å². The predicted molar refractivity (Wildman–Crippen MR) is 85.4 cm³/mol. The lowest BCUT2D eigenvalue weighted by atomic mass is 10.2. The van der Waals surface area contributed by atoms with Crippen LogP contribution in [0.1, 0.15) is 15.9 Å². The second-order valence-electron chi connectivity index (χ2n) is 4.97. The lowest BCUT2D eigenvalue weighted by Crippen LogP contribution is -2.28. The molecule has 8 nitrogen and oxygen atoms in total. The highest BCUT2D eigenvalue weighted by molar-refractivity contribution is 5.89. The first kappa shape index (κ1) is 17.2. The van der Waals surface area contributed by atoms with Crippen LogP contribution in [0.2, 0.25) is 0 Å². The molecule has 1 aromatic heterocycles. The van der Waals surface area contributed by atoms with Gasteiger partial charge in [-0.25, -0.2) is 4.79 Å². The molecule has 0 aliphatic carbocycles. The van der Waals surface area contributed by atoms with E-state index in [1.807, 2.05) is 25.1 Å². The van der Waals surface area contributed by atoms with Crippen molar-refractivity contribution in [2.75, 3.05) is 13.7 Å². The summed E-state index contributed by atoms with van der Waals surface area (Å²) >= 11 is 0. The predicted octanol–water partition coefficient (Wildman–Crippen LogP) is 1.93. The maximum absolute atomic E-state index is 12.2. The summed E-state index contributed by atoms with van der Waals surface area (Å²) in [5, 5.41) is 11.0. The van der Waals surface area contributed by atoms with Gasteiger partial charge in [0.15, 0.2) is 0 Å². The third-order valence-corrected chi connectivity index (χ3v) is 3.37. The normalized spacial score (nSPS) is 10.2. The van der Waals surface area contributed by atoms with E-state index in [1.165, 1.54) is 0 Å². The average molecular weight is 332 g/mol. The first-order chi connectivity index (χ1) is 11.4. The molecule has 0 bridgehead atoms. The third kappa shape index (κ3) is 3.78. The molecule has 0 spiro atoms. The van der Waals surface area contributed by atoms with Crippen molar-refractivity contribution in [2.24, 2.45) is 0 Å². The van der Waals surface area contributed by atoms with E-state index in [-0.39, 0.29) is 24.4 Å². The molecule has 0 fully saturated rings. The van der Waals surface area contributed by atoms with Gasteiger partial charge in [0.1, 0.15) is 17.9 Å². The van der Waals surface area contributed by atoms with Crippen LogP contribution in [0.3, 0.4) is 0 Å². The Morgan fingerprint density at radius 1 is 1.33 bits per heavy atom. The first-order valence-corrected chi connectivity index (χ1v) is 7.09. The summed E-state index contributed by atoms with van der Waals surface area (Å²) in [4.78, 5) is 34.1. The number of ether oxygens (including phenoxy) is 2. The van der Waals surface area contributed by atoms with E-state index >= 15 is 0 Å². The molecule has 0 saturated heterocycles. The summed E-state index contributed by atoms with van der Waals surface area (Å²) in [7, 11) is 1.10. The monoisotopic (exact) mass is 332 g/mol. The molecule has 0 N–H and O–H groups in total. The number of hydrogen-bond donors (Lipinski definition) is 0. The second-order valence-corrected chi connectivity index (χ2v) is 4.97. The van der Waals surface area contributed by atoms with Gasteiger partial charge < -0.3 is 14.0 Å². The van der Waals surface area contributed by atoms with Gasteiger partial charge in [-0.3, -0.25) is 14.9 Å². The van der Waals surface area contributed by atoms with Gasteiger partial charge in [-0.2, -0.15) is 0 Å². The summed E-state index contributed by atoms with van der Waals surface area (Å²) < 4.78 is 11.1. The van der Waals surface area contributed by atoms with Crippen molar-refractivity contribution >= 4 is 11.7 Å². The number of aryl methyl sites for hydroxylation is 1. The molecule has 2 rings (SSSR count). The van der Waals surface area contributed by atoms with Gasteiger partial charge in [0.2, 0.25) is 0 Å². The largest absolute Gasteiger partial charge is 0.491 e. The molecule has 1 aromatic carbocycles. The molecule has 0 amide bonds. The van der Waals surface area contributed by atoms with Crippen LogP contribution in [0, 0.1) is 17.0 Å². The van der Waals surface area contributed by atoms with Crippen LogP contribution in [-0.2, 0) is 11.3 Å². The van der Waals surface area contributed by atoms with Crippen molar-refractivity contribution in [3.8, 4) is 5.75 Å². The quantitative estimate of drug-likeness (QED) is 0.455. The highest BCUT2D eigenvalue weighted by Gasteiger charge is 2.19. The second kappa shape index (κ2) is 7.40. The highest BCUT2D eigenvalue weighted by Crippen LogP contribution is 2.16. The number of carbonyl (C=O) groups is 1. The average Bonchev–Trinajstić information content (AvgIpc) is 2.57. The minimum atomic E-state index is -0.919. The van der Waals surface area contributed by atoms with Crippen molar-refractivity contribution < 1.29 is 19.2 Å². The van der Waals surface area contributed by atoms with Crippen molar-refractivity contribution in [1.82, 2.24) is 4.57 Å². The van der Waals surface area contributed by atoms with E-state index in [4.69, 9.17) is 4.74 Å². The fourth-order valence-electron chi connectivity index (χ4n) is 2.11. The van der Waals surface area contributed by atoms with Crippen molar-refractivity contribution in [1.29, 1.82) is 0 Å². The number of nitrogens with zero attached hydrogens (tertiary/aromatic N) is 2. The van der Waals surface area contributed by atoms with Crippen LogP contribution >= 0.6 is 0 Å². The van der Waals surface area contributed by atoms with Gasteiger partial charge in [0.25, 0.3) is 11.2 Å². The summed E-state index contributed by atoms with van der Waals surface area (Å²) in [5.41, 5.74) is -0.492. The SMILES string of the molecule is COC(=O)c1cc([N+](=O)[O-])cn(CCOc2ccccc2C)c1=O. The van der Waals surface area contributed by atoms with Gasteiger partial charge in [0.05, 0.1) is 24.8 Å². The highest BCUT2D eigenvalue weighted by atomic mass is 16.6. The Hall–Kier alpha value is -3.16. The molecule has 126 valence electrons. The first-order valence-electron chi connectivity index (χ1n) is 7.09. The third-order valence-electron chi connectivity index (χ3n) is 3.37. The molecular formula is C16H16N2O6. The van der Waals surface area contributed by atoms with Crippen LogP contribution in [-0.4, -0.2) is 29.2 Å². The van der Waals surface area contributed by atoms with E-state index in [2.05, 4.69) is 4.74 Å². The molecule has 0 atom stereocenters. The minimum absolute atomic E-state index is 0.0544. The Balaban J connectivity index is 2.24. The maximum atomic E-state index is 12.2. The van der Waals surface area contributed by atoms with Gasteiger partial charge in [0, 0.05) is 6.07 Å². The fraction of sp³-hybridized carbons (Fsp3) is 0.250. The smallest absolute Gasteiger partial charge is 0.343 e. The number of carbonyl (C=O) groups excluding carboxylic acids is 1. The Bertz CT molecular complexity index is 828. The van der Waals surface area contributed by atoms with E-state index in [1.54, 1.807) is 6.07 Å². The summed E-state index contributed by atoms with van der Waals surface area (Å²) in [6, 6.07) is 8.26. The number of hydrogen-bond acceptors (Lipinski definition) is 6. The van der Waals surface area contributed by atoms with Crippen molar-refractivity contribution in [3.63, 3.8) is 0 Å². The number of rotatable bonds is 6. The number of aromatic nitrogens is 1. The van der Waals surface area contributed by atoms with Crippen LogP contribution in [0.4, 0.5) is 5.69 Å². The van der Waals surface area contributed by atoms with Gasteiger partial charge in [-0.1, -0.05) is 18.2 Å². The lowest BCUT2D eigenvalue weighted by molar-refractivity contribution is -0.385. The molecule has 8 heteroatoms. The number of nitro groups is 1. The zero-order chi connectivity index (χ0) is 17.7. The molecule has 0 aliphatic heterocycles. The lowest BCUT2D eigenvalue weighted by Gasteiger charge is -2.11. The fourth-order valence-corrected chi connectivity index (χ4v) is 2.11.